The minimum atomic E-state index is -4.72. The van der Waals surface area contributed by atoms with E-state index in [-0.39, 0.29) is 12.2 Å². The van der Waals surface area contributed by atoms with Gasteiger partial charge in [-0.25, -0.2) is 13.2 Å². The summed E-state index contributed by atoms with van der Waals surface area (Å²) in [5.74, 6) is -2.67. The summed E-state index contributed by atoms with van der Waals surface area (Å²) in [7, 11) is -4.58. The molecule has 7 nitrogen and oxygen atoms in total. The first-order chi connectivity index (χ1) is 11.4. The van der Waals surface area contributed by atoms with Crippen molar-refractivity contribution in [2.45, 2.75) is 26.3 Å². The maximum absolute atomic E-state index is 13.0. The van der Waals surface area contributed by atoms with Gasteiger partial charge in [0.15, 0.2) is 6.29 Å². The van der Waals surface area contributed by atoms with Gasteiger partial charge in [-0.3, -0.25) is 0 Å². The molecule has 1 rings (SSSR count). The smallest absolute Gasteiger partial charge is 0.419 e. The lowest BCUT2D eigenvalue weighted by Gasteiger charge is -2.19. The van der Waals surface area contributed by atoms with Gasteiger partial charge >= 0.3 is 12.1 Å². The molecule has 0 bridgehead atoms. The first-order valence-corrected chi connectivity index (χ1v) is 8.62. The number of ether oxygens (including phenoxy) is 3. The molecule has 0 heterocycles. The van der Waals surface area contributed by atoms with Crippen molar-refractivity contribution in [1.82, 2.24) is 0 Å². The third-order valence-electron chi connectivity index (χ3n) is 2.78. The first kappa shape index (κ1) is 21.2. The summed E-state index contributed by atoms with van der Waals surface area (Å²) < 4.78 is 85.0. The highest BCUT2D eigenvalue weighted by Gasteiger charge is 2.35. The topological polar surface area (TPSA) is 102 Å². The van der Waals surface area contributed by atoms with Crippen molar-refractivity contribution in [3.8, 4) is 5.75 Å². The zero-order valence-electron chi connectivity index (χ0n) is 13.3. The Labute approximate surface area is 142 Å². The maximum Gasteiger partial charge on any atom is 0.419 e. The highest BCUT2D eigenvalue weighted by molar-refractivity contribution is 7.85. The van der Waals surface area contributed by atoms with Crippen LogP contribution in [0, 0.1) is 0 Å². The van der Waals surface area contributed by atoms with Gasteiger partial charge in [-0.05, 0) is 32.0 Å². The van der Waals surface area contributed by atoms with Crippen molar-refractivity contribution < 1.29 is 45.1 Å². The van der Waals surface area contributed by atoms with Crippen LogP contribution in [0.15, 0.2) is 18.2 Å². The second-order valence-electron chi connectivity index (χ2n) is 4.75. The number of hydrogen-bond acceptors (Lipinski definition) is 7. The van der Waals surface area contributed by atoms with Gasteiger partial charge in [0.05, 0.1) is 27.0 Å². The van der Waals surface area contributed by atoms with E-state index in [1.807, 2.05) is 0 Å². The second-order valence-corrected chi connectivity index (χ2v) is 6.27. The summed E-state index contributed by atoms with van der Waals surface area (Å²) in [4.78, 5) is 11.8. The van der Waals surface area contributed by atoms with Crippen LogP contribution in [0.2, 0.25) is 0 Å². The fourth-order valence-electron chi connectivity index (χ4n) is 1.75. The zero-order valence-corrected chi connectivity index (χ0v) is 14.1. The third kappa shape index (κ3) is 7.28. The molecular weight excluding hydrogens is 369 g/mol. The number of rotatable bonds is 8. The highest BCUT2D eigenvalue weighted by Crippen LogP contribution is 2.37. The molecule has 1 aromatic rings. The van der Waals surface area contributed by atoms with Gasteiger partial charge in [0.2, 0.25) is 0 Å². The Hall–Kier alpha value is -1.85. The largest absolute Gasteiger partial charge is 0.748 e. The van der Waals surface area contributed by atoms with Crippen molar-refractivity contribution in [1.29, 1.82) is 0 Å². The van der Waals surface area contributed by atoms with Crippen molar-refractivity contribution in [3.05, 3.63) is 29.3 Å². The van der Waals surface area contributed by atoms with Gasteiger partial charge in [-0.15, -0.1) is 0 Å². The van der Waals surface area contributed by atoms with Crippen molar-refractivity contribution in [2.24, 2.45) is 0 Å². The van der Waals surface area contributed by atoms with E-state index in [1.165, 1.54) is 6.92 Å². The summed E-state index contributed by atoms with van der Waals surface area (Å²) in [6.45, 7) is 2.50. The van der Waals surface area contributed by atoms with E-state index in [0.29, 0.717) is 6.07 Å². The summed E-state index contributed by atoms with van der Waals surface area (Å²) in [5, 5.41) is 0. The molecule has 1 unspecified atom stereocenters. The molecule has 0 radical (unpaired) electrons. The minimum absolute atomic E-state index is 0.202. The predicted octanol–water partition coefficient (Wildman–Crippen LogP) is 2.17. The third-order valence-corrected chi connectivity index (χ3v) is 3.45. The average Bonchev–Trinajstić information content (AvgIpc) is 2.44. The van der Waals surface area contributed by atoms with Gasteiger partial charge in [0, 0.05) is 6.61 Å². The molecule has 142 valence electrons. The fraction of sp³-hybridized carbons (Fsp3) is 0.500. The van der Waals surface area contributed by atoms with Crippen molar-refractivity contribution in [2.75, 3.05) is 19.0 Å². The number of alkyl halides is 3. The molecule has 0 aromatic heterocycles. The molecule has 0 amide bonds. The Bertz CT molecular complexity index is 701. The van der Waals surface area contributed by atoms with Crippen LogP contribution in [0.5, 0.6) is 5.75 Å². The van der Waals surface area contributed by atoms with Gasteiger partial charge in [0.1, 0.15) is 12.4 Å². The molecule has 1 aromatic carbocycles. The van der Waals surface area contributed by atoms with Gasteiger partial charge in [-0.1, -0.05) is 0 Å². The van der Waals surface area contributed by atoms with Gasteiger partial charge < -0.3 is 18.8 Å². The molecule has 25 heavy (non-hydrogen) atoms. The van der Waals surface area contributed by atoms with E-state index in [1.54, 1.807) is 6.92 Å². The maximum atomic E-state index is 13.0. The SMILES string of the molecule is CCOC(C)Oc1cc(C(=O)OCCS(=O)(=O)[O-])ccc1C(F)(F)F. The standard InChI is InChI=1S/C14H17F3O7S/c1-3-22-9(2)24-12-8-10(4-5-11(12)14(15,16)17)13(18)23-6-7-25(19,20)21/h4-5,8-9H,3,6-7H2,1-2H3,(H,19,20,21)/p-1. The zero-order chi connectivity index (χ0) is 19.3. The molecule has 0 spiro atoms. The Morgan fingerprint density at radius 3 is 2.48 bits per heavy atom. The number of esters is 1. The second kappa shape index (κ2) is 8.50. The summed E-state index contributed by atoms with van der Waals surface area (Å²) >= 11 is 0. The van der Waals surface area contributed by atoms with E-state index in [4.69, 9.17) is 9.47 Å². The number of carbonyl (C=O) groups excluding carboxylic acids is 1. The molecular formula is C14H16F3O7S-. The van der Waals surface area contributed by atoms with Crippen LogP contribution in [0.25, 0.3) is 0 Å². The molecule has 0 aliphatic heterocycles. The molecule has 0 fully saturated rings. The van der Waals surface area contributed by atoms with Gasteiger partial charge in [0.25, 0.3) is 0 Å². The van der Waals surface area contributed by atoms with Crippen LogP contribution >= 0.6 is 0 Å². The minimum Gasteiger partial charge on any atom is -0.748 e. The quantitative estimate of drug-likeness (QED) is 0.384. The normalized spacial score (nSPS) is 13.4. The van der Waals surface area contributed by atoms with Crippen LogP contribution in [0.3, 0.4) is 0 Å². The summed E-state index contributed by atoms with van der Waals surface area (Å²) in [6, 6.07) is 2.30. The Morgan fingerprint density at radius 2 is 1.96 bits per heavy atom. The number of halogens is 3. The first-order valence-electron chi connectivity index (χ1n) is 7.04. The lowest BCUT2D eigenvalue weighted by molar-refractivity contribution is -0.141. The van der Waals surface area contributed by atoms with Gasteiger partial charge in [-0.2, -0.15) is 13.2 Å². The van der Waals surface area contributed by atoms with Crippen LogP contribution < -0.4 is 4.74 Å². The fourth-order valence-corrected chi connectivity index (χ4v) is 2.04. The molecule has 1 atom stereocenters. The molecule has 0 saturated carbocycles. The number of hydrogen-bond donors (Lipinski definition) is 0. The Morgan fingerprint density at radius 1 is 1.32 bits per heavy atom. The molecule has 11 heteroatoms. The van der Waals surface area contributed by atoms with Crippen molar-refractivity contribution >= 4 is 16.1 Å². The van der Waals surface area contributed by atoms with E-state index in [2.05, 4.69) is 4.74 Å². The van der Waals surface area contributed by atoms with Crippen LogP contribution in [-0.2, 0) is 25.8 Å². The van der Waals surface area contributed by atoms with Crippen LogP contribution in [0.1, 0.15) is 29.8 Å². The lowest BCUT2D eigenvalue weighted by Crippen LogP contribution is -2.20. The Balaban J connectivity index is 3.00. The van der Waals surface area contributed by atoms with E-state index in [0.717, 1.165) is 12.1 Å². The summed E-state index contributed by atoms with van der Waals surface area (Å²) in [6.07, 6.45) is -5.72. The Kier molecular flexibility index (Phi) is 7.20. The van der Waals surface area contributed by atoms with E-state index < -0.39 is 52.2 Å². The predicted molar refractivity (Wildman–Crippen MR) is 78.0 cm³/mol. The number of benzene rings is 1. The molecule has 0 N–H and O–H groups in total. The summed E-state index contributed by atoms with van der Waals surface area (Å²) in [5.41, 5.74) is -1.41. The molecule has 0 aliphatic rings. The van der Waals surface area contributed by atoms with Crippen LogP contribution in [-0.4, -0.2) is 44.2 Å². The van der Waals surface area contributed by atoms with E-state index >= 15 is 0 Å². The number of carbonyl (C=O) groups is 1. The highest BCUT2D eigenvalue weighted by atomic mass is 32.2. The molecule has 0 aliphatic carbocycles. The van der Waals surface area contributed by atoms with Crippen LogP contribution in [0.4, 0.5) is 13.2 Å². The monoisotopic (exact) mass is 385 g/mol. The molecule has 0 saturated heterocycles. The van der Waals surface area contributed by atoms with Crippen molar-refractivity contribution in [3.63, 3.8) is 0 Å². The average molecular weight is 385 g/mol. The van der Waals surface area contributed by atoms with E-state index in [9.17, 15) is 30.9 Å². The lowest BCUT2D eigenvalue weighted by atomic mass is 10.1.